The molecule has 8 heteroatoms. The molecule has 8 nitrogen and oxygen atoms in total. The minimum absolute atomic E-state index is 0.0601. The van der Waals surface area contributed by atoms with Crippen LogP contribution >= 0.6 is 0 Å². The van der Waals surface area contributed by atoms with E-state index >= 15 is 0 Å². The molecule has 7 fully saturated rings. The van der Waals surface area contributed by atoms with Crippen molar-refractivity contribution in [3.05, 3.63) is 47.5 Å². The van der Waals surface area contributed by atoms with E-state index in [2.05, 4.69) is 33.8 Å². The summed E-state index contributed by atoms with van der Waals surface area (Å²) in [5.41, 5.74) is 2.88. The molecule has 0 amide bonds. The second-order valence-corrected chi connectivity index (χ2v) is 17.5. The van der Waals surface area contributed by atoms with Crippen LogP contribution in [0.5, 0.6) is 0 Å². The molecule has 1 spiro atoms. The molecule has 0 radical (unpaired) electrons. The Bertz CT molecular complexity index is 1370. The molecule has 7 unspecified atom stereocenters. The highest BCUT2D eigenvalue weighted by Crippen LogP contribution is 2.70. The van der Waals surface area contributed by atoms with Gasteiger partial charge in [0, 0.05) is 17.9 Å². The summed E-state index contributed by atoms with van der Waals surface area (Å²) in [5, 5.41) is 22.3. The highest BCUT2D eigenvalue weighted by atomic mass is 16.8. The molecule has 17 atom stereocenters. The predicted molar refractivity (Wildman–Crippen MR) is 177 cm³/mol. The summed E-state index contributed by atoms with van der Waals surface area (Å²) < 4.78 is 38.3. The third kappa shape index (κ3) is 4.91. The molecule has 1 aromatic carbocycles. The van der Waals surface area contributed by atoms with Crippen molar-refractivity contribution < 1.29 is 38.6 Å². The lowest BCUT2D eigenvalue weighted by Gasteiger charge is -2.58. The minimum atomic E-state index is -1.19. The molecule has 4 aliphatic heterocycles. The van der Waals surface area contributed by atoms with E-state index in [4.69, 9.17) is 28.4 Å². The Kier molecular flexibility index (Phi) is 8.03. The largest absolute Gasteiger partial charge is 0.387 e. The molecule has 0 aromatic heterocycles. The molecule has 48 heavy (non-hydrogen) atoms. The zero-order valence-corrected chi connectivity index (χ0v) is 29.2. The molecule has 0 bridgehead atoms. The Labute approximate surface area is 285 Å². The zero-order valence-electron chi connectivity index (χ0n) is 29.2. The number of aliphatic hydroxyl groups is 2. The summed E-state index contributed by atoms with van der Waals surface area (Å²) in [7, 11) is 0. The van der Waals surface area contributed by atoms with Gasteiger partial charge in [0.25, 0.3) is 0 Å². The highest BCUT2D eigenvalue weighted by Gasteiger charge is 2.68. The monoisotopic (exact) mass is 664 g/mol. The van der Waals surface area contributed by atoms with Crippen LogP contribution in [-0.2, 0) is 28.4 Å². The molecular weight excluding hydrogens is 608 g/mol. The van der Waals surface area contributed by atoms with Gasteiger partial charge in [0.1, 0.15) is 24.4 Å². The van der Waals surface area contributed by atoms with E-state index in [0.717, 1.165) is 44.3 Å². The molecule has 264 valence electrons. The van der Waals surface area contributed by atoms with Crippen molar-refractivity contribution in [3.63, 3.8) is 0 Å². The lowest BCUT2D eigenvalue weighted by atomic mass is 9.47. The maximum absolute atomic E-state index is 11.1. The summed E-state index contributed by atoms with van der Waals surface area (Å²) in [6.07, 6.45) is 7.78. The van der Waals surface area contributed by atoms with Crippen LogP contribution in [0.1, 0.15) is 97.3 Å². The first-order valence-electron chi connectivity index (χ1n) is 19.1. The Hall–Kier alpha value is -1.36. The van der Waals surface area contributed by atoms with Crippen LogP contribution in [0.25, 0.3) is 0 Å². The lowest BCUT2D eigenvalue weighted by molar-refractivity contribution is -0.367. The van der Waals surface area contributed by atoms with Crippen molar-refractivity contribution in [2.75, 3.05) is 13.2 Å². The highest BCUT2D eigenvalue weighted by molar-refractivity contribution is 5.26. The first-order chi connectivity index (χ1) is 23.1. The van der Waals surface area contributed by atoms with Crippen molar-refractivity contribution in [2.24, 2.45) is 46.3 Å². The number of allylic oxidation sites excluding steroid dienone is 1. The Morgan fingerprint density at radius 2 is 1.71 bits per heavy atom. The third-order valence-corrected chi connectivity index (χ3v) is 15.1. The number of fused-ring (bicyclic) bond motifs is 8. The van der Waals surface area contributed by atoms with Crippen LogP contribution in [0.4, 0.5) is 0 Å². The van der Waals surface area contributed by atoms with Crippen molar-refractivity contribution in [2.45, 2.75) is 140 Å². The number of hydrogen-bond acceptors (Lipinski definition) is 8. The van der Waals surface area contributed by atoms with Crippen LogP contribution in [0.3, 0.4) is 0 Å². The predicted octanol–water partition coefficient (Wildman–Crippen LogP) is 6.30. The van der Waals surface area contributed by atoms with Gasteiger partial charge in [-0.15, -0.1) is 0 Å². The standard InChI is InChI=1S/C40H56O8/c1-22-12-17-40(44-20-22)23(2)32-30(48-40)19-29-27-11-10-25-18-26(13-15-38(25,3)28(27)14-16-39(29,32)4)45-37-34(42)33(41)35-31(46-37)21-43-36(47-35)24-8-6-5-7-9-24/h5-10,22-23,26-37,41-42H,11-21H2,1-4H3/t22-,23+,26+,27-,28+,29?,30?,31?,32?,33?,34?,35-,36?,37-,38+,39+,40-/m1/s1. The van der Waals surface area contributed by atoms with E-state index < -0.39 is 37.0 Å². The average molecular weight is 665 g/mol. The van der Waals surface area contributed by atoms with Crippen molar-refractivity contribution in [1.29, 1.82) is 0 Å². The van der Waals surface area contributed by atoms with Gasteiger partial charge in [0.05, 0.1) is 25.4 Å². The summed E-state index contributed by atoms with van der Waals surface area (Å²) in [5.74, 6) is 3.37. The van der Waals surface area contributed by atoms with Gasteiger partial charge < -0.3 is 38.6 Å². The Balaban J connectivity index is 0.857. The van der Waals surface area contributed by atoms with Gasteiger partial charge in [0.2, 0.25) is 0 Å². The normalized spacial score (nSPS) is 54.4. The maximum atomic E-state index is 11.1. The number of ether oxygens (including phenoxy) is 6. The van der Waals surface area contributed by atoms with Crippen LogP contribution in [0, 0.1) is 46.3 Å². The maximum Gasteiger partial charge on any atom is 0.186 e. The fourth-order valence-corrected chi connectivity index (χ4v) is 12.4. The van der Waals surface area contributed by atoms with Gasteiger partial charge in [-0.25, -0.2) is 0 Å². The SMILES string of the molecule is C[C@@H]1CC[C@@]2(OC1)OC1CC3[C@@H]4CC=C5C[C@@H](O[C@@H]6OC7COC(c8ccccc8)O[C@H]7C(O)C6O)CC[C@]5(C)[C@H]4CC[C@]3(C)C1[C@@H]2C. The smallest absolute Gasteiger partial charge is 0.186 e. The molecule has 4 aliphatic carbocycles. The third-order valence-electron chi connectivity index (χ3n) is 15.1. The van der Waals surface area contributed by atoms with E-state index in [-0.39, 0.29) is 23.9 Å². The summed E-state index contributed by atoms with van der Waals surface area (Å²) in [6.45, 7) is 11.0. The number of aliphatic hydroxyl groups excluding tert-OH is 2. The molecular formula is C40H56O8. The molecule has 4 saturated heterocycles. The van der Waals surface area contributed by atoms with Gasteiger partial charge in [-0.3, -0.25) is 0 Å². The van der Waals surface area contributed by atoms with E-state index in [1.54, 1.807) is 0 Å². The topological polar surface area (TPSA) is 95.8 Å². The second-order valence-electron chi connectivity index (χ2n) is 17.5. The Morgan fingerprint density at radius 3 is 2.50 bits per heavy atom. The second kappa shape index (κ2) is 11.8. The number of benzene rings is 1. The van der Waals surface area contributed by atoms with E-state index in [1.807, 2.05) is 30.3 Å². The summed E-state index contributed by atoms with van der Waals surface area (Å²) >= 11 is 0. The minimum Gasteiger partial charge on any atom is -0.387 e. The van der Waals surface area contributed by atoms with Gasteiger partial charge >= 0.3 is 0 Å². The van der Waals surface area contributed by atoms with Crippen molar-refractivity contribution in [3.8, 4) is 0 Å². The molecule has 3 saturated carbocycles. The Morgan fingerprint density at radius 1 is 0.875 bits per heavy atom. The molecule has 8 aliphatic rings. The van der Waals surface area contributed by atoms with E-state index in [9.17, 15) is 10.2 Å². The van der Waals surface area contributed by atoms with Gasteiger partial charge in [-0.1, -0.05) is 69.7 Å². The van der Waals surface area contributed by atoms with Crippen LogP contribution in [0.15, 0.2) is 42.0 Å². The number of hydrogen-bond donors (Lipinski definition) is 2. The fraction of sp³-hybridized carbons (Fsp3) is 0.800. The number of rotatable bonds is 3. The van der Waals surface area contributed by atoms with Gasteiger partial charge in [-0.2, -0.15) is 0 Å². The molecule has 4 heterocycles. The van der Waals surface area contributed by atoms with Crippen molar-refractivity contribution in [1.82, 2.24) is 0 Å². The average Bonchev–Trinajstić information content (AvgIpc) is 3.54. The molecule has 1 aromatic rings. The first kappa shape index (κ1) is 32.5. The fourth-order valence-electron chi connectivity index (χ4n) is 12.4. The van der Waals surface area contributed by atoms with Crippen molar-refractivity contribution >= 4 is 0 Å². The summed E-state index contributed by atoms with van der Waals surface area (Å²) in [4.78, 5) is 0. The van der Waals surface area contributed by atoms with Crippen LogP contribution in [0.2, 0.25) is 0 Å². The van der Waals surface area contributed by atoms with E-state index in [0.29, 0.717) is 47.0 Å². The van der Waals surface area contributed by atoms with Crippen LogP contribution < -0.4 is 0 Å². The first-order valence-corrected chi connectivity index (χ1v) is 19.1. The summed E-state index contributed by atoms with van der Waals surface area (Å²) in [6, 6.07) is 9.67. The lowest BCUT2D eigenvalue weighted by Crippen LogP contribution is -2.62. The molecule has 2 N–H and O–H groups in total. The molecule has 9 rings (SSSR count). The quantitative estimate of drug-likeness (QED) is 0.364. The van der Waals surface area contributed by atoms with Gasteiger partial charge in [0.15, 0.2) is 18.4 Å². The zero-order chi connectivity index (χ0) is 33.0. The van der Waals surface area contributed by atoms with E-state index in [1.165, 1.54) is 31.3 Å². The van der Waals surface area contributed by atoms with Crippen LogP contribution in [-0.4, -0.2) is 72.1 Å². The van der Waals surface area contributed by atoms with Gasteiger partial charge in [-0.05, 0) is 91.8 Å².